The molecule has 1 aromatic heterocycles. The van der Waals surface area contributed by atoms with Crippen LogP contribution in [0.15, 0.2) is 16.8 Å². The first-order valence-corrected chi connectivity index (χ1v) is 8.22. The average Bonchev–Trinajstić information content (AvgIpc) is 3.03. The van der Waals surface area contributed by atoms with Gasteiger partial charge in [0, 0.05) is 31.2 Å². The predicted octanol–water partition coefficient (Wildman–Crippen LogP) is 2.90. The summed E-state index contributed by atoms with van der Waals surface area (Å²) in [7, 11) is 0. The first kappa shape index (κ1) is 12.6. The van der Waals surface area contributed by atoms with E-state index in [9.17, 15) is 0 Å². The Morgan fingerprint density at radius 3 is 3.00 bits per heavy atom. The van der Waals surface area contributed by atoms with Crippen molar-refractivity contribution in [1.82, 2.24) is 10.2 Å². The van der Waals surface area contributed by atoms with Gasteiger partial charge in [-0.2, -0.15) is 11.3 Å². The Balaban J connectivity index is 1.66. The maximum absolute atomic E-state index is 3.70. The molecule has 1 spiro atoms. The summed E-state index contributed by atoms with van der Waals surface area (Å²) in [6.45, 7) is 5.99. The Morgan fingerprint density at radius 2 is 2.28 bits per heavy atom. The van der Waals surface area contributed by atoms with E-state index in [0.29, 0.717) is 11.6 Å². The predicted molar refractivity (Wildman–Crippen MR) is 78.3 cm³/mol. The van der Waals surface area contributed by atoms with Crippen LogP contribution in [0.3, 0.4) is 0 Å². The van der Waals surface area contributed by atoms with Crippen molar-refractivity contribution >= 4 is 11.3 Å². The number of hydrogen-bond donors (Lipinski definition) is 1. The van der Waals surface area contributed by atoms with Crippen molar-refractivity contribution in [2.24, 2.45) is 0 Å². The molecule has 1 aromatic rings. The molecule has 2 nitrogen and oxygen atoms in total. The van der Waals surface area contributed by atoms with E-state index in [4.69, 9.17) is 0 Å². The molecule has 18 heavy (non-hydrogen) atoms. The number of nitrogens with one attached hydrogen (secondary N) is 1. The largest absolute Gasteiger partial charge is 0.311 e. The molecule has 100 valence electrons. The molecule has 0 bridgehead atoms. The fourth-order valence-corrected chi connectivity index (χ4v) is 4.32. The van der Waals surface area contributed by atoms with Gasteiger partial charge in [0.1, 0.15) is 0 Å². The molecule has 3 rings (SSSR count). The van der Waals surface area contributed by atoms with Crippen LogP contribution in [0.2, 0.25) is 0 Å². The molecule has 2 heterocycles. The van der Waals surface area contributed by atoms with Gasteiger partial charge >= 0.3 is 0 Å². The molecule has 0 amide bonds. The summed E-state index contributed by atoms with van der Waals surface area (Å²) < 4.78 is 0. The summed E-state index contributed by atoms with van der Waals surface area (Å²) in [5, 5.41) is 8.19. The second kappa shape index (κ2) is 5.32. The van der Waals surface area contributed by atoms with Gasteiger partial charge in [0.05, 0.1) is 0 Å². The zero-order valence-electron chi connectivity index (χ0n) is 11.3. The van der Waals surface area contributed by atoms with Crippen molar-refractivity contribution in [2.45, 2.75) is 50.6 Å². The molecule has 1 atom stereocenters. The zero-order valence-corrected chi connectivity index (χ0v) is 12.1. The van der Waals surface area contributed by atoms with Crippen LogP contribution in [0, 0.1) is 0 Å². The molecular formula is C15H24N2S. The minimum Gasteiger partial charge on any atom is -0.311 e. The van der Waals surface area contributed by atoms with Crippen LogP contribution in [0.4, 0.5) is 0 Å². The van der Waals surface area contributed by atoms with Crippen LogP contribution in [-0.2, 0) is 6.42 Å². The fraction of sp³-hybridized carbons (Fsp3) is 0.733. The number of hydrogen-bond acceptors (Lipinski definition) is 3. The third kappa shape index (κ3) is 2.49. The van der Waals surface area contributed by atoms with Crippen LogP contribution >= 0.6 is 11.3 Å². The van der Waals surface area contributed by atoms with Gasteiger partial charge in [0.15, 0.2) is 0 Å². The van der Waals surface area contributed by atoms with E-state index in [1.165, 1.54) is 57.3 Å². The van der Waals surface area contributed by atoms with Gasteiger partial charge in [-0.05, 0) is 48.6 Å². The number of thiophene rings is 1. The topological polar surface area (TPSA) is 15.3 Å². The standard InChI is InChI=1S/C15H24N2S/c1-13-10-17(8-4-14-5-9-18-11-14)15(12-16-13)6-2-3-7-15/h5,9,11,13,16H,2-4,6-8,10,12H2,1H3. The van der Waals surface area contributed by atoms with Crippen molar-refractivity contribution in [2.75, 3.05) is 19.6 Å². The highest BCUT2D eigenvalue weighted by Crippen LogP contribution is 2.36. The van der Waals surface area contributed by atoms with Gasteiger partial charge in [-0.25, -0.2) is 0 Å². The quantitative estimate of drug-likeness (QED) is 0.903. The molecule has 1 N–H and O–H groups in total. The number of piperazine rings is 1. The van der Waals surface area contributed by atoms with E-state index in [0.717, 1.165) is 0 Å². The van der Waals surface area contributed by atoms with Crippen molar-refractivity contribution < 1.29 is 0 Å². The molecule has 2 fully saturated rings. The van der Waals surface area contributed by atoms with Crippen LogP contribution in [-0.4, -0.2) is 36.1 Å². The van der Waals surface area contributed by atoms with Crippen molar-refractivity contribution in [3.05, 3.63) is 22.4 Å². The SMILES string of the molecule is CC1CN(CCc2ccsc2)C2(CCCC2)CN1. The lowest BCUT2D eigenvalue weighted by Crippen LogP contribution is -2.63. The molecule has 1 saturated carbocycles. The fourth-order valence-electron chi connectivity index (χ4n) is 3.62. The second-order valence-electron chi connectivity index (χ2n) is 6.04. The Labute approximate surface area is 114 Å². The van der Waals surface area contributed by atoms with Gasteiger partial charge in [-0.3, -0.25) is 4.90 Å². The highest BCUT2D eigenvalue weighted by molar-refractivity contribution is 7.07. The summed E-state index contributed by atoms with van der Waals surface area (Å²) >= 11 is 1.82. The van der Waals surface area contributed by atoms with Crippen molar-refractivity contribution in [1.29, 1.82) is 0 Å². The summed E-state index contributed by atoms with van der Waals surface area (Å²) in [6.07, 6.45) is 6.86. The lowest BCUT2D eigenvalue weighted by atomic mass is 9.90. The number of rotatable bonds is 3. The van der Waals surface area contributed by atoms with Crippen molar-refractivity contribution in [3.8, 4) is 0 Å². The van der Waals surface area contributed by atoms with E-state index in [-0.39, 0.29) is 0 Å². The molecule has 1 aliphatic carbocycles. The zero-order chi connectivity index (χ0) is 12.4. The normalized spacial score (nSPS) is 27.9. The van der Waals surface area contributed by atoms with Gasteiger partial charge in [0.25, 0.3) is 0 Å². The van der Waals surface area contributed by atoms with Gasteiger partial charge in [0.2, 0.25) is 0 Å². The molecule has 0 aromatic carbocycles. The third-order valence-electron chi connectivity index (χ3n) is 4.73. The maximum atomic E-state index is 3.70. The Morgan fingerprint density at radius 1 is 1.44 bits per heavy atom. The van der Waals surface area contributed by atoms with Crippen LogP contribution in [0.1, 0.15) is 38.2 Å². The summed E-state index contributed by atoms with van der Waals surface area (Å²) in [5.74, 6) is 0. The molecule has 1 aliphatic heterocycles. The van der Waals surface area contributed by atoms with Gasteiger partial charge in [-0.15, -0.1) is 0 Å². The minimum atomic E-state index is 0.489. The Kier molecular flexibility index (Phi) is 3.73. The molecule has 1 unspecified atom stereocenters. The maximum Gasteiger partial charge on any atom is 0.0334 e. The highest BCUT2D eigenvalue weighted by atomic mass is 32.1. The van der Waals surface area contributed by atoms with E-state index < -0.39 is 0 Å². The van der Waals surface area contributed by atoms with Gasteiger partial charge < -0.3 is 5.32 Å². The molecular weight excluding hydrogens is 240 g/mol. The summed E-state index contributed by atoms with van der Waals surface area (Å²) in [4.78, 5) is 2.79. The smallest absolute Gasteiger partial charge is 0.0334 e. The first-order chi connectivity index (χ1) is 8.78. The van der Waals surface area contributed by atoms with E-state index in [2.05, 4.69) is 34.0 Å². The second-order valence-corrected chi connectivity index (χ2v) is 6.82. The third-order valence-corrected chi connectivity index (χ3v) is 5.46. The summed E-state index contributed by atoms with van der Waals surface area (Å²) in [6, 6.07) is 2.93. The number of nitrogens with zero attached hydrogens (tertiary/aromatic N) is 1. The lowest BCUT2D eigenvalue weighted by molar-refractivity contribution is 0.0478. The van der Waals surface area contributed by atoms with E-state index >= 15 is 0 Å². The van der Waals surface area contributed by atoms with Crippen LogP contribution < -0.4 is 5.32 Å². The molecule has 2 aliphatic rings. The van der Waals surface area contributed by atoms with Crippen LogP contribution in [0.25, 0.3) is 0 Å². The minimum absolute atomic E-state index is 0.489. The molecule has 0 radical (unpaired) electrons. The van der Waals surface area contributed by atoms with Gasteiger partial charge in [-0.1, -0.05) is 12.8 Å². The Hall–Kier alpha value is -0.380. The Bertz CT molecular complexity index is 368. The lowest BCUT2D eigenvalue weighted by Gasteiger charge is -2.48. The monoisotopic (exact) mass is 264 g/mol. The first-order valence-electron chi connectivity index (χ1n) is 7.28. The van der Waals surface area contributed by atoms with E-state index in [1.54, 1.807) is 0 Å². The molecule has 3 heteroatoms. The van der Waals surface area contributed by atoms with Crippen LogP contribution in [0.5, 0.6) is 0 Å². The summed E-state index contributed by atoms with van der Waals surface area (Å²) in [5.41, 5.74) is 2.00. The average molecular weight is 264 g/mol. The van der Waals surface area contributed by atoms with E-state index in [1.807, 2.05) is 11.3 Å². The highest BCUT2D eigenvalue weighted by Gasteiger charge is 2.42. The van der Waals surface area contributed by atoms with Crippen molar-refractivity contribution in [3.63, 3.8) is 0 Å². The molecule has 1 saturated heterocycles.